The predicted molar refractivity (Wildman–Crippen MR) is 97.1 cm³/mol. The molecule has 0 spiro atoms. The summed E-state index contributed by atoms with van der Waals surface area (Å²) in [4.78, 5) is 0. The van der Waals surface area contributed by atoms with Crippen LogP contribution in [0, 0.1) is 0 Å². The second kappa shape index (κ2) is 16.4. The summed E-state index contributed by atoms with van der Waals surface area (Å²) in [6.07, 6.45) is 19.5. The number of methoxy groups -OCH3 is 1. The highest BCUT2D eigenvalue weighted by atomic mass is 16.5. The molecule has 0 saturated carbocycles. The number of allylic oxidation sites excluding steroid dienone is 3. The Bertz CT molecular complexity index is 305. The summed E-state index contributed by atoms with van der Waals surface area (Å²) in [7, 11) is 1.72. The fraction of sp³-hybridized carbons (Fsp3) is 0.700. The second-order valence-electron chi connectivity index (χ2n) is 5.73. The van der Waals surface area contributed by atoms with Crippen molar-refractivity contribution in [3.8, 4) is 0 Å². The maximum Gasteiger partial charge on any atom is 0.114 e. The highest BCUT2D eigenvalue weighted by Gasteiger charge is 1.95. The highest BCUT2D eigenvalue weighted by molar-refractivity contribution is 5.08. The van der Waals surface area contributed by atoms with Crippen molar-refractivity contribution in [3.63, 3.8) is 0 Å². The van der Waals surface area contributed by atoms with Crippen molar-refractivity contribution < 1.29 is 9.47 Å². The van der Waals surface area contributed by atoms with Gasteiger partial charge in [0.25, 0.3) is 0 Å². The number of unbranched alkanes of at least 4 members (excludes halogenated alkanes) is 7. The summed E-state index contributed by atoms with van der Waals surface area (Å²) in [6.45, 7) is 8.92. The largest absolute Gasteiger partial charge is 0.494 e. The molecule has 0 radical (unpaired) electrons. The first-order valence-corrected chi connectivity index (χ1v) is 8.89. The lowest BCUT2D eigenvalue weighted by molar-refractivity contribution is 0.156. The molecule has 0 aliphatic carbocycles. The van der Waals surface area contributed by atoms with E-state index in [4.69, 9.17) is 9.47 Å². The lowest BCUT2D eigenvalue weighted by atomic mass is 10.1. The van der Waals surface area contributed by atoms with Crippen LogP contribution < -0.4 is 0 Å². The summed E-state index contributed by atoms with van der Waals surface area (Å²) in [6, 6.07) is 0. The normalized spacial score (nSPS) is 13.5. The summed E-state index contributed by atoms with van der Waals surface area (Å²) in [5.41, 5.74) is 0. The standard InChI is InChI=1S/C20H36O2/c1-5-7-8-9-10-11-15-18-22-20(6-2)17-14-12-13-16-19(3)21-4/h6,13,16-17,19H,2,5,7-12,14-15,18H2,1,3-4H3/b16-13-,20-17+. The summed E-state index contributed by atoms with van der Waals surface area (Å²) < 4.78 is 10.9. The second-order valence-corrected chi connectivity index (χ2v) is 5.73. The quantitative estimate of drug-likeness (QED) is 0.155. The van der Waals surface area contributed by atoms with Crippen LogP contribution in [0.2, 0.25) is 0 Å². The fourth-order valence-corrected chi connectivity index (χ4v) is 2.14. The van der Waals surface area contributed by atoms with Crippen molar-refractivity contribution in [1.82, 2.24) is 0 Å². The van der Waals surface area contributed by atoms with Crippen LogP contribution in [0.1, 0.15) is 71.6 Å². The first-order chi connectivity index (χ1) is 10.7. The Morgan fingerprint density at radius 2 is 1.73 bits per heavy atom. The molecule has 0 bridgehead atoms. The monoisotopic (exact) mass is 308 g/mol. The van der Waals surface area contributed by atoms with Gasteiger partial charge in [0.05, 0.1) is 12.7 Å². The Kier molecular flexibility index (Phi) is 15.6. The third kappa shape index (κ3) is 13.9. The fourth-order valence-electron chi connectivity index (χ4n) is 2.14. The number of rotatable bonds is 15. The zero-order chi connectivity index (χ0) is 16.5. The molecule has 0 aliphatic heterocycles. The van der Waals surface area contributed by atoms with Crippen LogP contribution in [0.4, 0.5) is 0 Å². The summed E-state index contributed by atoms with van der Waals surface area (Å²) >= 11 is 0. The molecular formula is C20H36O2. The van der Waals surface area contributed by atoms with E-state index in [1.165, 1.54) is 38.5 Å². The molecule has 0 aromatic carbocycles. The number of hydrogen-bond donors (Lipinski definition) is 0. The molecule has 2 heteroatoms. The molecule has 0 saturated heterocycles. The molecule has 0 fully saturated rings. The van der Waals surface area contributed by atoms with E-state index < -0.39 is 0 Å². The zero-order valence-electron chi connectivity index (χ0n) is 15.0. The molecule has 0 aromatic rings. The van der Waals surface area contributed by atoms with Crippen molar-refractivity contribution >= 4 is 0 Å². The minimum absolute atomic E-state index is 0.191. The zero-order valence-corrected chi connectivity index (χ0v) is 15.0. The van der Waals surface area contributed by atoms with Crippen molar-refractivity contribution in [2.24, 2.45) is 0 Å². The molecule has 22 heavy (non-hydrogen) atoms. The van der Waals surface area contributed by atoms with Gasteiger partial charge < -0.3 is 9.47 Å². The van der Waals surface area contributed by atoms with Gasteiger partial charge in [-0.15, -0.1) is 0 Å². The van der Waals surface area contributed by atoms with Crippen LogP contribution in [0.3, 0.4) is 0 Å². The van der Waals surface area contributed by atoms with Gasteiger partial charge in [0, 0.05) is 7.11 Å². The van der Waals surface area contributed by atoms with Gasteiger partial charge >= 0.3 is 0 Å². The first kappa shape index (κ1) is 21.0. The molecule has 0 aromatic heterocycles. The third-order valence-corrected chi connectivity index (χ3v) is 3.68. The van der Waals surface area contributed by atoms with E-state index in [1.807, 2.05) is 13.0 Å². The number of ether oxygens (including phenoxy) is 2. The Balaban J connectivity index is 3.63. The van der Waals surface area contributed by atoms with E-state index >= 15 is 0 Å². The Morgan fingerprint density at radius 1 is 1.05 bits per heavy atom. The topological polar surface area (TPSA) is 18.5 Å². The maximum atomic E-state index is 5.76. The Hall–Kier alpha value is -1.02. The van der Waals surface area contributed by atoms with Crippen LogP contribution in [-0.2, 0) is 9.47 Å². The lowest BCUT2D eigenvalue weighted by Gasteiger charge is -2.07. The lowest BCUT2D eigenvalue weighted by Crippen LogP contribution is -1.98. The smallest absolute Gasteiger partial charge is 0.114 e. The molecule has 0 amide bonds. The third-order valence-electron chi connectivity index (χ3n) is 3.68. The van der Waals surface area contributed by atoms with Crippen LogP contribution in [0.15, 0.2) is 36.6 Å². The Morgan fingerprint density at radius 3 is 2.36 bits per heavy atom. The minimum atomic E-state index is 0.191. The molecule has 2 nitrogen and oxygen atoms in total. The van der Waals surface area contributed by atoms with Crippen molar-refractivity contribution in [2.75, 3.05) is 13.7 Å². The molecule has 0 rings (SSSR count). The summed E-state index contributed by atoms with van der Waals surface area (Å²) in [5.74, 6) is 0.916. The van der Waals surface area contributed by atoms with E-state index in [-0.39, 0.29) is 6.10 Å². The van der Waals surface area contributed by atoms with Gasteiger partial charge in [0.2, 0.25) is 0 Å². The van der Waals surface area contributed by atoms with E-state index in [0.29, 0.717) is 0 Å². The van der Waals surface area contributed by atoms with Crippen LogP contribution in [-0.4, -0.2) is 19.8 Å². The molecule has 1 unspecified atom stereocenters. The average molecular weight is 309 g/mol. The maximum absolute atomic E-state index is 5.76. The van der Waals surface area contributed by atoms with Crippen LogP contribution in [0.25, 0.3) is 0 Å². The minimum Gasteiger partial charge on any atom is -0.494 e. The van der Waals surface area contributed by atoms with Gasteiger partial charge in [0.1, 0.15) is 5.76 Å². The van der Waals surface area contributed by atoms with Gasteiger partial charge in [-0.05, 0) is 38.3 Å². The van der Waals surface area contributed by atoms with E-state index in [9.17, 15) is 0 Å². The van der Waals surface area contributed by atoms with E-state index in [0.717, 1.165) is 31.6 Å². The van der Waals surface area contributed by atoms with E-state index in [2.05, 4.69) is 31.7 Å². The Labute approximate surface area is 138 Å². The molecule has 0 heterocycles. The van der Waals surface area contributed by atoms with E-state index in [1.54, 1.807) is 7.11 Å². The molecule has 128 valence electrons. The van der Waals surface area contributed by atoms with Crippen LogP contribution >= 0.6 is 0 Å². The average Bonchev–Trinajstić information content (AvgIpc) is 2.54. The van der Waals surface area contributed by atoms with Gasteiger partial charge in [0.15, 0.2) is 0 Å². The van der Waals surface area contributed by atoms with Gasteiger partial charge in [-0.1, -0.05) is 64.2 Å². The molecule has 0 aliphatic rings. The summed E-state index contributed by atoms with van der Waals surface area (Å²) in [5, 5.41) is 0. The van der Waals surface area contributed by atoms with Crippen molar-refractivity contribution in [1.29, 1.82) is 0 Å². The highest BCUT2D eigenvalue weighted by Crippen LogP contribution is 2.09. The first-order valence-electron chi connectivity index (χ1n) is 8.89. The van der Waals surface area contributed by atoms with Crippen molar-refractivity contribution in [3.05, 3.63) is 36.6 Å². The predicted octanol–water partition coefficient (Wildman–Crippen LogP) is 6.19. The SMILES string of the molecule is C=C/C(=C\CC/C=C\C(C)OC)OCCCCCCCCC. The van der Waals surface area contributed by atoms with Gasteiger partial charge in [-0.2, -0.15) is 0 Å². The molecular weight excluding hydrogens is 272 g/mol. The number of hydrogen-bond acceptors (Lipinski definition) is 2. The van der Waals surface area contributed by atoms with Crippen molar-refractivity contribution in [2.45, 2.75) is 77.7 Å². The molecule has 1 atom stereocenters. The molecule has 0 N–H and O–H groups in total. The van der Waals surface area contributed by atoms with Gasteiger partial charge in [-0.3, -0.25) is 0 Å². The van der Waals surface area contributed by atoms with Gasteiger partial charge in [-0.25, -0.2) is 0 Å². The van der Waals surface area contributed by atoms with Crippen LogP contribution in [0.5, 0.6) is 0 Å².